The Bertz CT molecular complexity index is 637. The Morgan fingerprint density at radius 1 is 1.05 bits per heavy atom. The molecule has 0 radical (unpaired) electrons. The van der Waals surface area contributed by atoms with Crippen molar-refractivity contribution in [3.8, 4) is 0 Å². The van der Waals surface area contributed by atoms with Crippen LogP contribution < -0.4 is 5.32 Å². The van der Waals surface area contributed by atoms with Crippen molar-refractivity contribution >= 4 is 17.6 Å². The summed E-state index contributed by atoms with van der Waals surface area (Å²) in [5, 5.41) is 2.64. The number of esters is 1. The monoisotopic (exact) mass is 283 g/mol. The zero-order chi connectivity index (χ0) is 15.2. The first-order chi connectivity index (χ1) is 10.1. The van der Waals surface area contributed by atoms with Crippen LogP contribution in [0.25, 0.3) is 0 Å². The average molecular weight is 283 g/mol. The summed E-state index contributed by atoms with van der Waals surface area (Å²) < 4.78 is 5.43. The number of anilines is 1. The van der Waals surface area contributed by atoms with Crippen LogP contribution in [-0.2, 0) is 9.53 Å². The largest absolute Gasteiger partial charge is 0.454 e. The van der Waals surface area contributed by atoms with E-state index in [4.69, 9.17) is 4.74 Å². The molecule has 1 atom stereocenters. The Labute approximate surface area is 123 Å². The summed E-state index contributed by atoms with van der Waals surface area (Å²) in [5.41, 5.74) is 1.91. The molecule has 0 aliphatic carbocycles. The number of ether oxygens (including phenoxy) is 1. The summed E-state index contributed by atoms with van der Waals surface area (Å²) in [6.45, 7) is 3.24. The number of carbonyl (C=O) groups excluding carboxylic acids is 2. The smallest absolute Gasteiger partial charge is 0.338 e. The number of amides is 1. The lowest BCUT2D eigenvalue weighted by atomic mass is 10.1. The van der Waals surface area contributed by atoms with Crippen LogP contribution in [0.2, 0.25) is 0 Å². The Hall–Kier alpha value is -2.62. The summed E-state index contributed by atoms with van der Waals surface area (Å²) in [7, 11) is 0. The molecule has 0 aromatic heterocycles. The normalized spacial score (nSPS) is 11.5. The lowest BCUT2D eigenvalue weighted by molar-refractivity contribution is -0.114. The fourth-order valence-corrected chi connectivity index (χ4v) is 1.95. The van der Waals surface area contributed by atoms with Gasteiger partial charge in [0, 0.05) is 12.6 Å². The minimum atomic E-state index is -0.418. The summed E-state index contributed by atoms with van der Waals surface area (Å²) in [5.74, 6) is -0.600. The highest BCUT2D eigenvalue weighted by atomic mass is 16.5. The van der Waals surface area contributed by atoms with Crippen LogP contribution in [0.1, 0.15) is 35.9 Å². The lowest BCUT2D eigenvalue weighted by Gasteiger charge is -2.14. The number of hydrogen-bond donors (Lipinski definition) is 1. The maximum atomic E-state index is 12.1. The fourth-order valence-electron chi connectivity index (χ4n) is 1.95. The number of benzene rings is 2. The third kappa shape index (κ3) is 4.18. The summed E-state index contributed by atoms with van der Waals surface area (Å²) in [6, 6.07) is 16.2. The molecule has 2 aromatic rings. The van der Waals surface area contributed by atoms with E-state index in [1.807, 2.05) is 37.3 Å². The van der Waals surface area contributed by atoms with Gasteiger partial charge in [0.2, 0.25) is 5.91 Å². The van der Waals surface area contributed by atoms with Crippen molar-refractivity contribution in [2.24, 2.45) is 0 Å². The molecule has 0 fully saturated rings. The highest BCUT2D eigenvalue weighted by molar-refractivity contribution is 5.93. The molecule has 2 rings (SSSR count). The van der Waals surface area contributed by atoms with Gasteiger partial charge in [0.1, 0.15) is 6.10 Å². The third-order valence-corrected chi connectivity index (χ3v) is 2.97. The minimum absolute atomic E-state index is 0.182. The number of nitrogens with one attached hydrogen (secondary N) is 1. The molecule has 0 aliphatic rings. The maximum absolute atomic E-state index is 12.1. The topological polar surface area (TPSA) is 55.4 Å². The maximum Gasteiger partial charge on any atom is 0.338 e. The predicted molar refractivity (Wildman–Crippen MR) is 81.0 cm³/mol. The van der Waals surface area contributed by atoms with E-state index in [0.29, 0.717) is 11.3 Å². The van der Waals surface area contributed by atoms with Crippen molar-refractivity contribution < 1.29 is 14.3 Å². The first-order valence-electron chi connectivity index (χ1n) is 6.70. The first-order valence-corrected chi connectivity index (χ1v) is 6.70. The van der Waals surface area contributed by atoms with Gasteiger partial charge in [0.15, 0.2) is 0 Å². The Balaban J connectivity index is 2.08. The van der Waals surface area contributed by atoms with Crippen molar-refractivity contribution in [2.75, 3.05) is 5.32 Å². The van der Waals surface area contributed by atoms with Gasteiger partial charge in [-0.3, -0.25) is 4.79 Å². The molecular weight excluding hydrogens is 266 g/mol. The van der Waals surface area contributed by atoms with Crippen LogP contribution in [0.5, 0.6) is 0 Å². The zero-order valence-corrected chi connectivity index (χ0v) is 12.0. The molecule has 0 bridgehead atoms. The fraction of sp³-hybridized carbons (Fsp3) is 0.176. The van der Waals surface area contributed by atoms with Crippen LogP contribution in [0.15, 0.2) is 54.6 Å². The molecule has 1 N–H and O–H groups in total. The molecule has 0 spiro atoms. The van der Waals surface area contributed by atoms with Crippen molar-refractivity contribution in [2.45, 2.75) is 20.0 Å². The average Bonchev–Trinajstić information content (AvgIpc) is 2.47. The molecule has 2 aromatic carbocycles. The molecule has 4 heteroatoms. The van der Waals surface area contributed by atoms with Gasteiger partial charge in [-0.1, -0.05) is 36.4 Å². The number of rotatable bonds is 4. The molecule has 0 unspecified atom stereocenters. The van der Waals surface area contributed by atoms with E-state index >= 15 is 0 Å². The second kappa shape index (κ2) is 6.70. The Morgan fingerprint density at radius 2 is 1.76 bits per heavy atom. The molecule has 0 heterocycles. The zero-order valence-electron chi connectivity index (χ0n) is 12.0. The van der Waals surface area contributed by atoms with E-state index in [1.165, 1.54) is 6.92 Å². The van der Waals surface area contributed by atoms with Crippen LogP contribution in [0.3, 0.4) is 0 Å². The van der Waals surface area contributed by atoms with Gasteiger partial charge in [-0.25, -0.2) is 4.79 Å². The van der Waals surface area contributed by atoms with E-state index in [2.05, 4.69) is 5.32 Å². The quantitative estimate of drug-likeness (QED) is 0.873. The van der Waals surface area contributed by atoms with Crippen LogP contribution in [-0.4, -0.2) is 11.9 Å². The molecule has 108 valence electrons. The predicted octanol–water partition coefficient (Wildman–Crippen LogP) is 3.56. The van der Waals surface area contributed by atoms with Gasteiger partial charge >= 0.3 is 5.97 Å². The van der Waals surface area contributed by atoms with Gasteiger partial charge in [-0.15, -0.1) is 0 Å². The summed E-state index contributed by atoms with van der Waals surface area (Å²) >= 11 is 0. The molecule has 0 saturated carbocycles. The molecule has 0 aliphatic heterocycles. The van der Waals surface area contributed by atoms with Crippen molar-refractivity contribution in [3.63, 3.8) is 0 Å². The number of carbonyl (C=O) groups is 2. The molecule has 21 heavy (non-hydrogen) atoms. The van der Waals surface area contributed by atoms with E-state index < -0.39 is 5.97 Å². The molecule has 1 amide bonds. The summed E-state index contributed by atoms with van der Waals surface area (Å²) in [4.78, 5) is 23.2. The summed E-state index contributed by atoms with van der Waals surface area (Å²) in [6.07, 6.45) is -0.330. The Morgan fingerprint density at radius 3 is 2.43 bits per heavy atom. The third-order valence-electron chi connectivity index (χ3n) is 2.97. The van der Waals surface area contributed by atoms with Gasteiger partial charge in [-0.05, 0) is 30.7 Å². The van der Waals surface area contributed by atoms with Gasteiger partial charge in [0.05, 0.1) is 5.56 Å². The van der Waals surface area contributed by atoms with E-state index in [0.717, 1.165) is 5.56 Å². The van der Waals surface area contributed by atoms with Gasteiger partial charge < -0.3 is 10.1 Å². The minimum Gasteiger partial charge on any atom is -0.454 e. The van der Waals surface area contributed by atoms with Crippen LogP contribution >= 0.6 is 0 Å². The van der Waals surface area contributed by atoms with Crippen molar-refractivity contribution in [1.82, 2.24) is 0 Å². The SMILES string of the molecule is CC(=O)Nc1cccc(C(=O)O[C@H](C)c2ccccc2)c1. The molecular formula is C17H17NO3. The van der Waals surface area contributed by atoms with Crippen molar-refractivity contribution in [1.29, 1.82) is 0 Å². The van der Waals surface area contributed by atoms with Crippen LogP contribution in [0.4, 0.5) is 5.69 Å². The molecule has 4 nitrogen and oxygen atoms in total. The Kier molecular flexibility index (Phi) is 4.72. The second-order valence-electron chi connectivity index (χ2n) is 4.72. The van der Waals surface area contributed by atoms with E-state index in [1.54, 1.807) is 24.3 Å². The van der Waals surface area contributed by atoms with Gasteiger partial charge in [0.25, 0.3) is 0 Å². The number of hydrogen-bond acceptors (Lipinski definition) is 3. The lowest BCUT2D eigenvalue weighted by Crippen LogP contribution is -2.11. The van der Waals surface area contributed by atoms with Gasteiger partial charge in [-0.2, -0.15) is 0 Å². The first kappa shape index (κ1) is 14.8. The van der Waals surface area contributed by atoms with E-state index in [-0.39, 0.29) is 12.0 Å². The van der Waals surface area contributed by atoms with Crippen LogP contribution in [0, 0.1) is 0 Å². The second-order valence-corrected chi connectivity index (χ2v) is 4.72. The standard InChI is InChI=1S/C17H17NO3/c1-12(14-7-4-3-5-8-14)21-17(20)15-9-6-10-16(11-15)18-13(2)19/h3-12H,1-2H3,(H,18,19)/t12-/m1/s1. The molecule has 0 saturated heterocycles. The van der Waals surface area contributed by atoms with Crippen molar-refractivity contribution in [3.05, 3.63) is 65.7 Å². The highest BCUT2D eigenvalue weighted by Gasteiger charge is 2.13. The van der Waals surface area contributed by atoms with E-state index in [9.17, 15) is 9.59 Å². The highest BCUT2D eigenvalue weighted by Crippen LogP contribution is 2.19.